The molecule has 1 rings (SSSR count). The van der Waals surface area contributed by atoms with Crippen molar-refractivity contribution in [2.45, 2.75) is 38.6 Å². The molecule has 6 heteroatoms. The van der Waals surface area contributed by atoms with E-state index in [1.807, 2.05) is 6.92 Å². The number of urea groups is 1. The third kappa shape index (κ3) is 4.52. The van der Waals surface area contributed by atoms with E-state index in [0.717, 1.165) is 25.9 Å². The lowest BCUT2D eigenvalue weighted by Crippen LogP contribution is -2.46. The summed E-state index contributed by atoms with van der Waals surface area (Å²) in [4.78, 5) is 24.1. The molecular formula is C12H22N2O4. The standard InChI is InChI=1S/C12H22N2O4/c1-2-8-18-9-4-6-13-12(17)14-7-3-5-10(14)11(15)16/h10H,2-9H2,1H3,(H,13,17)(H,15,16)/t10-/m0/s1. The maximum absolute atomic E-state index is 11.8. The highest BCUT2D eigenvalue weighted by Gasteiger charge is 2.33. The smallest absolute Gasteiger partial charge is 0.326 e. The van der Waals surface area contributed by atoms with Crippen molar-refractivity contribution in [2.24, 2.45) is 0 Å². The van der Waals surface area contributed by atoms with E-state index in [2.05, 4.69) is 5.32 Å². The van der Waals surface area contributed by atoms with Gasteiger partial charge in [-0.2, -0.15) is 0 Å². The molecule has 0 unspecified atom stereocenters. The van der Waals surface area contributed by atoms with Gasteiger partial charge in [0.1, 0.15) is 6.04 Å². The SMILES string of the molecule is CCCOCCCNC(=O)N1CCC[C@H]1C(=O)O. The summed E-state index contributed by atoms with van der Waals surface area (Å²) in [5, 5.41) is 11.7. The summed E-state index contributed by atoms with van der Waals surface area (Å²) in [5.74, 6) is -0.922. The Kier molecular flexibility index (Phi) is 6.49. The molecule has 1 atom stereocenters. The van der Waals surface area contributed by atoms with E-state index in [1.165, 1.54) is 4.90 Å². The monoisotopic (exact) mass is 258 g/mol. The quantitative estimate of drug-likeness (QED) is 0.669. The molecule has 0 spiro atoms. The van der Waals surface area contributed by atoms with Gasteiger partial charge in [0.2, 0.25) is 0 Å². The average molecular weight is 258 g/mol. The Labute approximate surface area is 107 Å². The van der Waals surface area contributed by atoms with E-state index in [1.54, 1.807) is 0 Å². The highest BCUT2D eigenvalue weighted by atomic mass is 16.5. The van der Waals surface area contributed by atoms with Crippen LogP contribution < -0.4 is 5.32 Å². The van der Waals surface area contributed by atoms with Crippen molar-refractivity contribution in [1.29, 1.82) is 0 Å². The summed E-state index contributed by atoms with van der Waals surface area (Å²) >= 11 is 0. The molecule has 0 saturated carbocycles. The Bertz CT molecular complexity index is 283. The van der Waals surface area contributed by atoms with Crippen LogP contribution in [0.15, 0.2) is 0 Å². The summed E-state index contributed by atoms with van der Waals surface area (Å²) < 4.78 is 5.29. The van der Waals surface area contributed by atoms with Crippen LogP contribution in [0.4, 0.5) is 4.79 Å². The fourth-order valence-corrected chi connectivity index (χ4v) is 1.98. The third-order valence-electron chi connectivity index (χ3n) is 2.89. The molecule has 1 aliphatic rings. The molecule has 1 aliphatic heterocycles. The number of hydrogen-bond acceptors (Lipinski definition) is 3. The number of hydrogen-bond donors (Lipinski definition) is 2. The topological polar surface area (TPSA) is 78.9 Å². The molecule has 0 radical (unpaired) electrons. The van der Waals surface area contributed by atoms with Crippen LogP contribution in [0.3, 0.4) is 0 Å². The Morgan fingerprint density at radius 2 is 2.22 bits per heavy atom. The minimum atomic E-state index is -0.922. The maximum atomic E-state index is 11.8. The molecule has 0 bridgehead atoms. The normalized spacial score (nSPS) is 18.9. The van der Waals surface area contributed by atoms with Crippen molar-refractivity contribution >= 4 is 12.0 Å². The lowest BCUT2D eigenvalue weighted by Gasteiger charge is -2.21. The number of amides is 2. The van der Waals surface area contributed by atoms with Gasteiger partial charge in [-0.3, -0.25) is 0 Å². The van der Waals surface area contributed by atoms with E-state index < -0.39 is 12.0 Å². The zero-order chi connectivity index (χ0) is 13.4. The number of rotatable bonds is 7. The number of aliphatic carboxylic acids is 1. The van der Waals surface area contributed by atoms with Crippen LogP contribution in [0.1, 0.15) is 32.6 Å². The van der Waals surface area contributed by atoms with Crippen molar-refractivity contribution in [3.8, 4) is 0 Å². The lowest BCUT2D eigenvalue weighted by molar-refractivity contribution is -0.141. The van der Waals surface area contributed by atoms with E-state index in [9.17, 15) is 9.59 Å². The van der Waals surface area contributed by atoms with Gasteiger partial charge < -0.3 is 20.1 Å². The predicted molar refractivity (Wildman–Crippen MR) is 66.5 cm³/mol. The minimum Gasteiger partial charge on any atom is -0.480 e. The van der Waals surface area contributed by atoms with Crippen LogP contribution in [0.25, 0.3) is 0 Å². The highest BCUT2D eigenvalue weighted by molar-refractivity contribution is 5.83. The first-order valence-corrected chi connectivity index (χ1v) is 6.51. The number of carboxylic acids is 1. The first-order valence-electron chi connectivity index (χ1n) is 6.51. The lowest BCUT2D eigenvalue weighted by atomic mass is 10.2. The van der Waals surface area contributed by atoms with Gasteiger partial charge >= 0.3 is 12.0 Å². The van der Waals surface area contributed by atoms with Crippen LogP contribution in [-0.2, 0) is 9.53 Å². The second-order valence-corrected chi connectivity index (χ2v) is 4.39. The van der Waals surface area contributed by atoms with Gasteiger partial charge in [0.05, 0.1) is 0 Å². The van der Waals surface area contributed by atoms with Gasteiger partial charge in [-0.25, -0.2) is 9.59 Å². The molecule has 1 fully saturated rings. The van der Waals surface area contributed by atoms with E-state index in [0.29, 0.717) is 26.1 Å². The Balaban J connectivity index is 2.18. The molecule has 1 heterocycles. The van der Waals surface area contributed by atoms with Gasteiger partial charge in [-0.05, 0) is 25.7 Å². The molecule has 0 aromatic carbocycles. The summed E-state index contributed by atoms with van der Waals surface area (Å²) in [6.45, 7) is 4.44. The van der Waals surface area contributed by atoms with Crippen LogP contribution >= 0.6 is 0 Å². The van der Waals surface area contributed by atoms with Crippen LogP contribution in [-0.4, -0.2) is 54.4 Å². The van der Waals surface area contributed by atoms with Crippen LogP contribution in [0, 0.1) is 0 Å². The fraction of sp³-hybridized carbons (Fsp3) is 0.833. The molecule has 0 aromatic rings. The van der Waals surface area contributed by atoms with Crippen LogP contribution in [0.2, 0.25) is 0 Å². The van der Waals surface area contributed by atoms with Crippen molar-refractivity contribution < 1.29 is 19.4 Å². The zero-order valence-corrected chi connectivity index (χ0v) is 10.9. The van der Waals surface area contributed by atoms with E-state index in [4.69, 9.17) is 9.84 Å². The Morgan fingerprint density at radius 3 is 2.89 bits per heavy atom. The maximum Gasteiger partial charge on any atom is 0.326 e. The van der Waals surface area contributed by atoms with Crippen molar-refractivity contribution in [3.05, 3.63) is 0 Å². The minimum absolute atomic E-state index is 0.282. The molecule has 2 N–H and O–H groups in total. The molecule has 18 heavy (non-hydrogen) atoms. The van der Waals surface area contributed by atoms with E-state index >= 15 is 0 Å². The van der Waals surface area contributed by atoms with Crippen molar-refractivity contribution in [3.63, 3.8) is 0 Å². The number of likely N-dealkylation sites (tertiary alicyclic amines) is 1. The van der Waals surface area contributed by atoms with E-state index in [-0.39, 0.29) is 6.03 Å². The fourth-order valence-electron chi connectivity index (χ4n) is 1.98. The predicted octanol–water partition coefficient (Wildman–Crippen LogP) is 1.06. The third-order valence-corrected chi connectivity index (χ3v) is 2.89. The summed E-state index contributed by atoms with van der Waals surface area (Å²) in [5.41, 5.74) is 0. The number of carbonyl (C=O) groups is 2. The first-order chi connectivity index (χ1) is 8.66. The van der Waals surface area contributed by atoms with Gasteiger partial charge in [-0.1, -0.05) is 6.92 Å². The summed E-state index contributed by atoms with van der Waals surface area (Å²) in [6.07, 6.45) is 3.03. The number of nitrogens with one attached hydrogen (secondary N) is 1. The highest BCUT2D eigenvalue weighted by Crippen LogP contribution is 2.17. The Morgan fingerprint density at radius 1 is 1.44 bits per heavy atom. The number of nitrogens with zero attached hydrogens (tertiary/aromatic N) is 1. The van der Waals surface area contributed by atoms with Gasteiger partial charge in [-0.15, -0.1) is 0 Å². The largest absolute Gasteiger partial charge is 0.480 e. The summed E-state index contributed by atoms with van der Waals surface area (Å²) in [7, 11) is 0. The number of carboxylic acid groups (broad SMARTS) is 1. The Hall–Kier alpha value is -1.30. The van der Waals surface area contributed by atoms with Crippen LogP contribution in [0.5, 0.6) is 0 Å². The van der Waals surface area contributed by atoms with Crippen molar-refractivity contribution in [2.75, 3.05) is 26.3 Å². The zero-order valence-electron chi connectivity index (χ0n) is 10.9. The van der Waals surface area contributed by atoms with Gasteiger partial charge in [0, 0.05) is 26.3 Å². The molecular weight excluding hydrogens is 236 g/mol. The molecule has 0 aliphatic carbocycles. The number of ether oxygens (including phenoxy) is 1. The van der Waals surface area contributed by atoms with Gasteiger partial charge in [0.25, 0.3) is 0 Å². The molecule has 1 saturated heterocycles. The first kappa shape index (κ1) is 14.8. The molecule has 2 amide bonds. The van der Waals surface area contributed by atoms with Gasteiger partial charge in [0.15, 0.2) is 0 Å². The number of carbonyl (C=O) groups excluding carboxylic acids is 1. The molecule has 6 nitrogen and oxygen atoms in total. The molecule has 0 aromatic heterocycles. The molecule has 104 valence electrons. The average Bonchev–Trinajstić information content (AvgIpc) is 2.82. The van der Waals surface area contributed by atoms with Crippen molar-refractivity contribution in [1.82, 2.24) is 10.2 Å². The second kappa shape index (κ2) is 7.92. The second-order valence-electron chi connectivity index (χ2n) is 4.39. The summed E-state index contributed by atoms with van der Waals surface area (Å²) in [6, 6.07) is -0.947.